The van der Waals surface area contributed by atoms with Gasteiger partial charge < -0.3 is 5.32 Å². The molecule has 0 radical (unpaired) electrons. The molecular weight excluding hydrogens is 378 g/mol. The van der Waals surface area contributed by atoms with E-state index in [0.717, 1.165) is 6.42 Å². The van der Waals surface area contributed by atoms with Crippen molar-refractivity contribution in [1.82, 2.24) is 5.32 Å². The van der Waals surface area contributed by atoms with Crippen LogP contribution in [-0.2, 0) is 9.05 Å². The van der Waals surface area contributed by atoms with Crippen LogP contribution in [0, 0.1) is 12.8 Å². The molecule has 1 aromatic carbocycles. The molecule has 21 heavy (non-hydrogen) atoms. The lowest BCUT2D eigenvalue weighted by Crippen LogP contribution is -2.34. The van der Waals surface area contributed by atoms with Crippen molar-refractivity contribution >= 4 is 41.6 Å². The molecule has 1 rings (SSSR count). The van der Waals surface area contributed by atoms with Gasteiger partial charge in [0.05, 0.1) is 4.90 Å². The smallest absolute Gasteiger partial charge is 0.261 e. The lowest BCUT2D eigenvalue weighted by Gasteiger charge is -2.17. The lowest BCUT2D eigenvalue weighted by atomic mass is 10.0. The minimum absolute atomic E-state index is 0.00643. The second kappa shape index (κ2) is 7.11. The molecule has 118 valence electrons. The van der Waals surface area contributed by atoms with E-state index >= 15 is 0 Å². The summed E-state index contributed by atoms with van der Waals surface area (Å²) in [5, 5.41) is 2.88. The van der Waals surface area contributed by atoms with Crippen LogP contribution in [-0.4, -0.2) is 20.4 Å². The summed E-state index contributed by atoms with van der Waals surface area (Å²) >= 11 is 3.21. The van der Waals surface area contributed by atoms with Crippen molar-refractivity contribution in [3.8, 4) is 0 Å². The highest BCUT2D eigenvalue weighted by molar-refractivity contribution is 9.10. The summed E-state index contributed by atoms with van der Waals surface area (Å²) in [7, 11) is 1.51. The van der Waals surface area contributed by atoms with E-state index in [4.69, 9.17) is 10.7 Å². The van der Waals surface area contributed by atoms with Crippen molar-refractivity contribution < 1.29 is 13.2 Å². The van der Waals surface area contributed by atoms with Gasteiger partial charge in [-0.1, -0.05) is 29.8 Å². The number of halogens is 2. The molecule has 1 N–H and O–H groups in total. The van der Waals surface area contributed by atoms with Gasteiger partial charge in [0.1, 0.15) is 0 Å². The Balaban J connectivity index is 3.14. The molecular formula is C14H19BrClNO3S. The van der Waals surface area contributed by atoms with E-state index in [0.29, 0.717) is 21.5 Å². The molecule has 0 heterocycles. The largest absolute Gasteiger partial charge is 0.350 e. The maximum atomic E-state index is 12.3. The minimum atomic E-state index is -3.90. The summed E-state index contributed by atoms with van der Waals surface area (Å²) in [6, 6.07) is 3.00. The predicted molar refractivity (Wildman–Crippen MR) is 88.3 cm³/mol. The first-order valence-electron chi connectivity index (χ1n) is 6.58. The Morgan fingerprint density at radius 2 is 1.90 bits per heavy atom. The van der Waals surface area contributed by atoms with E-state index in [-0.39, 0.29) is 16.8 Å². The number of amides is 1. The van der Waals surface area contributed by atoms with E-state index in [1.807, 2.05) is 6.92 Å². The SMILES string of the molecule is Cc1c(C(=O)NC(C)CC(C)C)cc(Br)cc1S(=O)(=O)Cl. The number of nitrogens with one attached hydrogen (secondary N) is 1. The normalized spacial score (nSPS) is 13.3. The molecule has 7 heteroatoms. The fourth-order valence-corrected chi connectivity index (χ4v) is 4.04. The zero-order valence-corrected chi connectivity index (χ0v) is 15.6. The predicted octanol–water partition coefficient (Wildman–Crippen LogP) is 3.85. The maximum absolute atomic E-state index is 12.3. The number of rotatable bonds is 5. The van der Waals surface area contributed by atoms with Crippen molar-refractivity contribution in [2.45, 2.75) is 45.1 Å². The molecule has 0 aliphatic rings. The summed E-state index contributed by atoms with van der Waals surface area (Å²) < 4.78 is 23.6. The molecule has 0 spiro atoms. The Morgan fingerprint density at radius 1 is 1.33 bits per heavy atom. The van der Waals surface area contributed by atoms with Gasteiger partial charge in [0.2, 0.25) is 0 Å². The topological polar surface area (TPSA) is 63.2 Å². The van der Waals surface area contributed by atoms with Gasteiger partial charge in [0.15, 0.2) is 0 Å². The van der Waals surface area contributed by atoms with Crippen LogP contribution < -0.4 is 5.32 Å². The average Bonchev–Trinajstić information content (AvgIpc) is 2.28. The number of hydrogen-bond acceptors (Lipinski definition) is 3. The highest BCUT2D eigenvalue weighted by atomic mass is 79.9. The molecule has 1 aromatic rings. The molecule has 0 bridgehead atoms. The average molecular weight is 397 g/mol. The summed E-state index contributed by atoms with van der Waals surface area (Å²) in [5.74, 6) is 0.159. The van der Waals surface area contributed by atoms with Gasteiger partial charge in [0, 0.05) is 26.8 Å². The lowest BCUT2D eigenvalue weighted by molar-refractivity contribution is 0.0935. The van der Waals surface area contributed by atoms with Crippen LogP contribution in [0.4, 0.5) is 0 Å². The Morgan fingerprint density at radius 3 is 2.38 bits per heavy atom. The van der Waals surface area contributed by atoms with Gasteiger partial charge in [-0.05, 0) is 43.9 Å². The monoisotopic (exact) mass is 395 g/mol. The highest BCUT2D eigenvalue weighted by Gasteiger charge is 2.21. The van der Waals surface area contributed by atoms with Crippen LogP contribution in [0.25, 0.3) is 0 Å². The van der Waals surface area contributed by atoms with Gasteiger partial charge >= 0.3 is 0 Å². The first-order valence-corrected chi connectivity index (χ1v) is 9.68. The quantitative estimate of drug-likeness (QED) is 0.769. The Hall–Kier alpha value is -0.590. The van der Waals surface area contributed by atoms with Crippen LogP contribution in [0.1, 0.15) is 43.1 Å². The standard InChI is InChI=1S/C14H19BrClNO3S/c1-8(2)5-9(3)17-14(18)12-6-11(15)7-13(10(12)4)21(16,19)20/h6-9H,5H2,1-4H3,(H,17,18). The van der Waals surface area contributed by atoms with Crippen LogP contribution >= 0.6 is 26.6 Å². The molecule has 0 saturated carbocycles. The third-order valence-electron chi connectivity index (χ3n) is 3.03. The van der Waals surface area contributed by atoms with Crippen molar-refractivity contribution in [2.75, 3.05) is 0 Å². The van der Waals surface area contributed by atoms with Crippen LogP contribution in [0.2, 0.25) is 0 Å². The molecule has 0 saturated heterocycles. The third-order valence-corrected chi connectivity index (χ3v) is 4.94. The molecule has 0 aliphatic carbocycles. The molecule has 1 atom stereocenters. The zero-order chi connectivity index (χ0) is 16.4. The van der Waals surface area contributed by atoms with Gasteiger partial charge in [-0.3, -0.25) is 4.79 Å². The Bertz CT molecular complexity index is 644. The zero-order valence-electron chi connectivity index (χ0n) is 12.4. The Labute approximate surface area is 138 Å². The van der Waals surface area contributed by atoms with E-state index < -0.39 is 9.05 Å². The molecule has 0 fully saturated rings. The van der Waals surface area contributed by atoms with Crippen LogP contribution in [0.3, 0.4) is 0 Å². The van der Waals surface area contributed by atoms with Crippen LogP contribution in [0.5, 0.6) is 0 Å². The second-order valence-corrected chi connectivity index (χ2v) is 8.97. The summed E-state index contributed by atoms with van der Waals surface area (Å²) in [6.45, 7) is 7.64. The highest BCUT2D eigenvalue weighted by Crippen LogP contribution is 2.27. The minimum Gasteiger partial charge on any atom is -0.350 e. The van der Waals surface area contributed by atoms with Gasteiger partial charge in [-0.25, -0.2) is 8.42 Å². The van der Waals surface area contributed by atoms with Crippen molar-refractivity contribution in [3.05, 3.63) is 27.7 Å². The van der Waals surface area contributed by atoms with Crippen molar-refractivity contribution in [1.29, 1.82) is 0 Å². The van der Waals surface area contributed by atoms with Gasteiger partial charge in [-0.2, -0.15) is 0 Å². The van der Waals surface area contributed by atoms with Gasteiger partial charge in [-0.15, -0.1) is 0 Å². The van der Waals surface area contributed by atoms with Crippen molar-refractivity contribution in [2.24, 2.45) is 5.92 Å². The van der Waals surface area contributed by atoms with Gasteiger partial charge in [0.25, 0.3) is 15.0 Å². The van der Waals surface area contributed by atoms with Crippen LogP contribution in [0.15, 0.2) is 21.5 Å². The third kappa shape index (κ3) is 5.27. The first kappa shape index (κ1) is 18.5. The molecule has 4 nitrogen and oxygen atoms in total. The number of hydrogen-bond donors (Lipinski definition) is 1. The van der Waals surface area contributed by atoms with Crippen molar-refractivity contribution in [3.63, 3.8) is 0 Å². The first-order chi connectivity index (χ1) is 9.52. The number of benzene rings is 1. The van der Waals surface area contributed by atoms with E-state index in [1.165, 1.54) is 6.07 Å². The van der Waals surface area contributed by atoms with E-state index in [1.54, 1.807) is 13.0 Å². The molecule has 1 amide bonds. The fourth-order valence-electron chi connectivity index (χ4n) is 2.21. The summed E-state index contributed by atoms with van der Waals surface area (Å²) in [6.07, 6.45) is 0.847. The van der Waals surface area contributed by atoms with E-state index in [2.05, 4.69) is 35.1 Å². The van der Waals surface area contributed by atoms with E-state index in [9.17, 15) is 13.2 Å². The fraction of sp³-hybridized carbons (Fsp3) is 0.500. The second-order valence-electron chi connectivity index (χ2n) is 5.52. The number of carbonyl (C=O) groups is 1. The summed E-state index contributed by atoms with van der Waals surface area (Å²) in [4.78, 5) is 12.3. The Kier molecular flexibility index (Phi) is 6.25. The number of carbonyl (C=O) groups excluding carboxylic acids is 1. The summed E-state index contributed by atoms with van der Waals surface area (Å²) in [5.41, 5.74) is 0.654. The molecule has 0 aliphatic heterocycles. The molecule has 0 aromatic heterocycles. The molecule has 1 unspecified atom stereocenters. The maximum Gasteiger partial charge on any atom is 0.261 e.